The highest BCUT2D eigenvalue weighted by molar-refractivity contribution is 5.81. The molecule has 2 N–H and O–H groups in total. The Balaban J connectivity index is 2.16. The molecule has 0 saturated heterocycles. The number of nitrogens with zero attached hydrogens (tertiary/aromatic N) is 1. The van der Waals surface area contributed by atoms with E-state index in [1.807, 2.05) is 30.3 Å². The van der Waals surface area contributed by atoms with Gasteiger partial charge in [0.15, 0.2) is 0 Å². The normalized spacial score (nSPS) is 10.8. The fraction of sp³-hybridized carbons (Fsp3) is 0.0769. The summed E-state index contributed by atoms with van der Waals surface area (Å²) in [5.74, 6) is -0.964. The molecule has 4 heteroatoms. The monoisotopic (exact) mass is 228 g/mol. The van der Waals surface area contributed by atoms with Crippen LogP contribution < -0.4 is 5.32 Å². The van der Waals surface area contributed by atoms with E-state index in [2.05, 4.69) is 10.3 Å². The lowest BCUT2D eigenvalue weighted by Gasteiger charge is -2.05. The number of carboxylic acid groups (broad SMARTS) is 1. The number of fused-ring (bicyclic) bond motifs is 1. The second-order valence-corrected chi connectivity index (χ2v) is 3.54. The van der Waals surface area contributed by atoms with E-state index in [-0.39, 0.29) is 0 Å². The van der Waals surface area contributed by atoms with Crippen LogP contribution >= 0.6 is 0 Å². The molecule has 0 unspecified atom stereocenters. The minimum Gasteiger partial charge on any atom is -0.478 e. The first kappa shape index (κ1) is 11.1. The lowest BCUT2D eigenvalue weighted by molar-refractivity contribution is -0.131. The minimum atomic E-state index is -0.964. The first-order valence-electron chi connectivity index (χ1n) is 5.23. The van der Waals surface area contributed by atoms with Crippen molar-refractivity contribution in [3.63, 3.8) is 0 Å². The maximum absolute atomic E-state index is 10.3. The third kappa shape index (κ3) is 2.81. The Morgan fingerprint density at radius 1 is 1.35 bits per heavy atom. The highest BCUT2D eigenvalue weighted by atomic mass is 16.4. The summed E-state index contributed by atoms with van der Waals surface area (Å²) in [5, 5.41) is 12.4. The second-order valence-electron chi connectivity index (χ2n) is 3.54. The van der Waals surface area contributed by atoms with Gasteiger partial charge in [0.25, 0.3) is 0 Å². The van der Waals surface area contributed by atoms with Gasteiger partial charge in [-0.25, -0.2) is 4.79 Å². The number of para-hydroxylation sites is 1. The zero-order chi connectivity index (χ0) is 12.1. The average molecular weight is 228 g/mol. The maximum atomic E-state index is 10.3. The smallest absolute Gasteiger partial charge is 0.329 e. The Bertz CT molecular complexity index is 559. The van der Waals surface area contributed by atoms with Gasteiger partial charge in [-0.05, 0) is 11.6 Å². The number of carboxylic acids is 1. The molecule has 0 spiro atoms. The molecular formula is C13H12N2O2. The van der Waals surface area contributed by atoms with Gasteiger partial charge in [0.1, 0.15) is 0 Å². The summed E-state index contributed by atoms with van der Waals surface area (Å²) in [6.07, 6.45) is 4.24. The molecule has 17 heavy (non-hydrogen) atoms. The molecule has 0 radical (unpaired) electrons. The fourth-order valence-electron chi connectivity index (χ4n) is 1.61. The van der Waals surface area contributed by atoms with Gasteiger partial charge >= 0.3 is 5.97 Å². The van der Waals surface area contributed by atoms with E-state index < -0.39 is 5.97 Å². The first-order valence-corrected chi connectivity index (χ1v) is 5.23. The van der Waals surface area contributed by atoms with Gasteiger partial charge in [0.05, 0.1) is 5.52 Å². The van der Waals surface area contributed by atoms with E-state index >= 15 is 0 Å². The van der Waals surface area contributed by atoms with Crippen molar-refractivity contribution in [2.75, 3.05) is 0 Å². The summed E-state index contributed by atoms with van der Waals surface area (Å²) in [6, 6.07) is 9.82. The van der Waals surface area contributed by atoms with Gasteiger partial charge < -0.3 is 10.4 Å². The van der Waals surface area contributed by atoms with Gasteiger partial charge in [-0.2, -0.15) is 0 Å². The van der Waals surface area contributed by atoms with E-state index in [1.165, 1.54) is 6.20 Å². The van der Waals surface area contributed by atoms with Crippen LogP contribution in [0.15, 0.2) is 48.8 Å². The molecule has 0 saturated carbocycles. The van der Waals surface area contributed by atoms with E-state index in [4.69, 9.17) is 5.11 Å². The van der Waals surface area contributed by atoms with Crippen molar-refractivity contribution < 1.29 is 9.90 Å². The number of hydrogen-bond acceptors (Lipinski definition) is 3. The van der Waals surface area contributed by atoms with Crippen LogP contribution in [0.2, 0.25) is 0 Å². The van der Waals surface area contributed by atoms with Crippen LogP contribution in [0.1, 0.15) is 5.56 Å². The number of benzene rings is 1. The minimum absolute atomic E-state index is 0.554. The largest absolute Gasteiger partial charge is 0.478 e. The average Bonchev–Trinajstić information content (AvgIpc) is 2.34. The van der Waals surface area contributed by atoms with E-state index in [1.54, 1.807) is 6.20 Å². The molecular weight excluding hydrogens is 216 g/mol. The first-order chi connectivity index (χ1) is 8.27. The Morgan fingerprint density at radius 3 is 3.00 bits per heavy atom. The van der Waals surface area contributed by atoms with E-state index in [0.29, 0.717) is 6.54 Å². The molecule has 2 rings (SSSR count). The predicted molar refractivity (Wildman–Crippen MR) is 65.4 cm³/mol. The zero-order valence-corrected chi connectivity index (χ0v) is 9.13. The molecule has 0 aliphatic carbocycles. The molecule has 0 bridgehead atoms. The second kappa shape index (κ2) is 5.12. The van der Waals surface area contributed by atoms with Crippen molar-refractivity contribution in [3.05, 3.63) is 54.4 Å². The molecule has 1 heterocycles. The van der Waals surface area contributed by atoms with Gasteiger partial charge in [0, 0.05) is 30.4 Å². The number of aromatic nitrogens is 1. The van der Waals surface area contributed by atoms with E-state index in [0.717, 1.165) is 22.5 Å². The van der Waals surface area contributed by atoms with Crippen LogP contribution in [-0.2, 0) is 11.3 Å². The number of nitrogens with one attached hydrogen (secondary N) is 1. The van der Waals surface area contributed by atoms with Crippen molar-refractivity contribution in [3.8, 4) is 0 Å². The predicted octanol–water partition coefficient (Wildman–Crippen LogP) is 1.92. The standard InChI is InChI=1S/C13H12N2O2/c16-12(17)6-8-14-9-11-4-1-3-10-5-2-7-15-13(10)11/h1-8,14H,9H2,(H,16,17)/b8-6+. The third-order valence-corrected chi connectivity index (χ3v) is 2.35. The highest BCUT2D eigenvalue weighted by Gasteiger charge is 1.99. The molecule has 0 aliphatic heterocycles. The van der Waals surface area contributed by atoms with Gasteiger partial charge in [-0.3, -0.25) is 4.98 Å². The number of carbonyl (C=O) groups is 1. The Morgan fingerprint density at radius 2 is 2.18 bits per heavy atom. The van der Waals surface area contributed by atoms with Crippen LogP contribution in [0.4, 0.5) is 0 Å². The number of aliphatic carboxylic acids is 1. The van der Waals surface area contributed by atoms with Crippen molar-refractivity contribution in [2.24, 2.45) is 0 Å². The van der Waals surface area contributed by atoms with Crippen LogP contribution in [0.3, 0.4) is 0 Å². The molecule has 4 nitrogen and oxygen atoms in total. The van der Waals surface area contributed by atoms with Gasteiger partial charge in [0.2, 0.25) is 0 Å². The summed E-state index contributed by atoms with van der Waals surface area (Å²) in [7, 11) is 0. The maximum Gasteiger partial charge on any atom is 0.329 e. The van der Waals surface area contributed by atoms with Crippen LogP contribution in [-0.4, -0.2) is 16.1 Å². The summed E-state index contributed by atoms with van der Waals surface area (Å²) in [6.45, 7) is 0.554. The molecule has 2 aromatic rings. The lowest BCUT2D eigenvalue weighted by atomic mass is 10.1. The molecule has 0 amide bonds. The van der Waals surface area contributed by atoms with Crippen molar-refractivity contribution >= 4 is 16.9 Å². The SMILES string of the molecule is O=C(O)/C=C/NCc1cccc2cccnc12. The summed E-state index contributed by atoms with van der Waals surface area (Å²) in [5.41, 5.74) is 1.98. The topological polar surface area (TPSA) is 62.2 Å². The summed E-state index contributed by atoms with van der Waals surface area (Å²) < 4.78 is 0. The highest BCUT2D eigenvalue weighted by Crippen LogP contribution is 2.15. The summed E-state index contributed by atoms with van der Waals surface area (Å²) >= 11 is 0. The number of hydrogen-bond donors (Lipinski definition) is 2. The molecule has 0 fully saturated rings. The van der Waals surface area contributed by atoms with Crippen LogP contribution in [0, 0.1) is 0 Å². The third-order valence-electron chi connectivity index (χ3n) is 2.35. The quantitative estimate of drug-likeness (QED) is 0.785. The van der Waals surface area contributed by atoms with Crippen LogP contribution in [0.25, 0.3) is 10.9 Å². The lowest BCUT2D eigenvalue weighted by Crippen LogP contribution is -2.06. The molecule has 0 aliphatic rings. The summed E-state index contributed by atoms with van der Waals surface area (Å²) in [4.78, 5) is 14.6. The number of rotatable bonds is 4. The van der Waals surface area contributed by atoms with Gasteiger partial charge in [-0.1, -0.05) is 24.3 Å². The molecule has 0 atom stereocenters. The Hall–Kier alpha value is -2.36. The Kier molecular flexibility index (Phi) is 3.35. The van der Waals surface area contributed by atoms with Crippen molar-refractivity contribution in [2.45, 2.75) is 6.54 Å². The molecule has 1 aromatic heterocycles. The van der Waals surface area contributed by atoms with E-state index in [9.17, 15) is 4.79 Å². The molecule has 86 valence electrons. The molecule has 1 aromatic carbocycles. The van der Waals surface area contributed by atoms with Gasteiger partial charge in [-0.15, -0.1) is 0 Å². The zero-order valence-electron chi connectivity index (χ0n) is 9.13. The van der Waals surface area contributed by atoms with Crippen molar-refractivity contribution in [1.82, 2.24) is 10.3 Å². The Labute approximate surface area is 98.6 Å². The fourth-order valence-corrected chi connectivity index (χ4v) is 1.61. The van der Waals surface area contributed by atoms with Crippen LogP contribution in [0.5, 0.6) is 0 Å². The number of pyridine rings is 1. The van der Waals surface area contributed by atoms with Crippen molar-refractivity contribution in [1.29, 1.82) is 0 Å².